The van der Waals surface area contributed by atoms with E-state index in [9.17, 15) is 0 Å². The van der Waals surface area contributed by atoms with Crippen molar-refractivity contribution < 1.29 is 5.11 Å². The summed E-state index contributed by atoms with van der Waals surface area (Å²) in [6, 6.07) is 12.0. The fourth-order valence-electron chi connectivity index (χ4n) is 2.15. The second kappa shape index (κ2) is 8.75. The molecule has 2 nitrogen and oxygen atoms in total. The number of hydrogen-bond donors (Lipinski definition) is 1. The van der Waals surface area contributed by atoms with Crippen LogP contribution >= 0.6 is 11.3 Å². The van der Waals surface area contributed by atoms with Crippen molar-refractivity contribution in [1.82, 2.24) is 0 Å². The lowest BCUT2D eigenvalue weighted by molar-refractivity contribution is 0.282. The van der Waals surface area contributed by atoms with Crippen molar-refractivity contribution >= 4 is 23.2 Å². The number of hydrogen-bond acceptors (Lipinski definition) is 3. The van der Waals surface area contributed by atoms with Crippen molar-refractivity contribution in [2.45, 2.75) is 45.6 Å². The van der Waals surface area contributed by atoms with Gasteiger partial charge in [0.2, 0.25) is 0 Å². The minimum absolute atomic E-state index is 0.0797. The fraction of sp³-hybridized carbons (Fsp3) is 0.389. The van der Waals surface area contributed by atoms with E-state index < -0.39 is 0 Å². The second-order valence-corrected chi connectivity index (χ2v) is 6.40. The van der Waals surface area contributed by atoms with Gasteiger partial charge in [0, 0.05) is 16.0 Å². The molecule has 0 aliphatic rings. The number of thiophene rings is 1. The van der Waals surface area contributed by atoms with E-state index in [1.807, 2.05) is 41.8 Å². The summed E-state index contributed by atoms with van der Waals surface area (Å²) in [6.07, 6.45) is 8.35. The van der Waals surface area contributed by atoms with Gasteiger partial charge in [0.25, 0.3) is 0 Å². The quantitative estimate of drug-likeness (QED) is 0.533. The van der Waals surface area contributed by atoms with Gasteiger partial charge in [-0.2, -0.15) is 0 Å². The maximum Gasteiger partial charge on any atom is 0.0681 e. The monoisotopic (exact) mass is 301 g/mol. The Balaban J connectivity index is 1.87. The fourth-order valence-corrected chi connectivity index (χ4v) is 3.08. The molecule has 2 rings (SSSR count). The zero-order valence-electron chi connectivity index (χ0n) is 12.6. The molecule has 0 amide bonds. The van der Waals surface area contributed by atoms with Crippen molar-refractivity contribution in [3.05, 3.63) is 51.7 Å². The minimum Gasteiger partial charge on any atom is -0.392 e. The first kappa shape index (κ1) is 15.9. The first-order valence-electron chi connectivity index (χ1n) is 7.64. The number of benzene rings is 1. The Labute approximate surface area is 131 Å². The summed E-state index contributed by atoms with van der Waals surface area (Å²) in [5.74, 6) is 0. The smallest absolute Gasteiger partial charge is 0.0681 e. The van der Waals surface area contributed by atoms with Crippen LogP contribution in [-0.4, -0.2) is 11.3 Å². The van der Waals surface area contributed by atoms with Crippen LogP contribution in [0.25, 0.3) is 0 Å². The molecule has 21 heavy (non-hydrogen) atoms. The summed E-state index contributed by atoms with van der Waals surface area (Å²) in [4.78, 5) is 7.13. The van der Waals surface area contributed by atoms with Crippen LogP contribution in [0.4, 0.5) is 5.69 Å². The van der Waals surface area contributed by atoms with Gasteiger partial charge < -0.3 is 5.11 Å². The van der Waals surface area contributed by atoms with E-state index in [0.717, 1.165) is 11.3 Å². The van der Waals surface area contributed by atoms with Crippen LogP contribution in [-0.2, 0) is 13.0 Å². The summed E-state index contributed by atoms with van der Waals surface area (Å²) < 4.78 is 0. The summed E-state index contributed by atoms with van der Waals surface area (Å²) in [6.45, 7) is 2.32. The molecule has 0 unspecified atom stereocenters. The third kappa shape index (κ3) is 5.44. The highest BCUT2D eigenvalue weighted by Crippen LogP contribution is 2.19. The first-order chi connectivity index (χ1) is 10.3. The molecule has 0 bridgehead atoms. The maximum atomic E-state index is 9.01. The number of aliphatic imine (C=N–C) groups is 1. The Morgan fingerprint density at radius 2 is 1.86 bits per heavy atom. The topological polar surface area (TPSA) is 32.6 Å². The highest BCUT2D eigenvalue weighted by molar-refractivity contribution is 7.13. The van der Waals surface area contributed by atoms with Crippen molar-refractivity contribution in [1.29, 1.82) is 0 Å². The molecule has 1 heterocycles. The largest absolute Gasteiger partial charge is 0.392 e. The molecule has 0 atom stereocenters. The van der Waals surface area contributed by atoms with Gasteiger partial charge in [0.15, 0.2) is 0 Å². The van der Waals surface area contributed by atoms with Crippen LogP contribution in [0.1, 0.15) is 47.9 Å². The van der Waals surface area contributed by atoms with Gasteiger partial charge >= 0.3 is 0 Å². The van der Waals surface area contributed by atoms with Gasteiger partial charge in [-0.1, -0.05) is 38.3 Å². The number of nitrogens with zero attached hydrogens (tertiary/aromatic N) is 1. The van der Waals surface area contributed by atoms with Crippen molar-refractivity contribution in [2.75, 3.05) is 0 Å². The number of unbranched alkanes of at least 4 members (excludes halogenated alkanes) is 3. The number of rotatable bonds is 8. The van der Waals surface area contributed by atoms with E-state index in [0.29, 0.717) is 0 Å². The zero-order valence-corrected chi connectivity index (χ0v) is 13.4. The van der Waals surface area contributed by atoms with Gasteiger partial charge in [0.05, 0.1) is 12.3 Å². The molecule has 3 heteroatoms. The van der Waals surface area contributed by atoms with Crippen LogP contribution < -0.4 is 0 Å². The third-order valence-corrected chi connectivity index (χ3v) is 4.50. The average molecular weight is 301 g/mol. The van der Waals surface area contributed by atoms with Gasteiger partial charge in [-0.3, -0.25) is 4.99 Å². The molecule has 0 saturated heterocycles. The van der Waals surface area contributed by atoms with E-state index in [2.05, 4.69) is 24.0 Å². The van der Waals surface area contributed by atoms with Crippen LogP contribution in [0.15, 0.2) is 41.4 Å². The van der Waals surface area contributed by atoms with E-state index >= 15 is 0 Å². The molecule has 0 radical (unpaired) electrons. The first-order valence-corrected chi connectivity index (χ1v) is 8.46. The van der Waals surface area contributed by atoms with Crippen molar-refractivity contribution in [3.63, 3.8) is 0 Å². The molecule has 0 spiro atoms. The summed E-state index contributed by atoms with van der Waals surface area (Å²) in [7, 11) is 0. The lowest BCUT2D eigenvalue weighted by Crippen LogP contribution is -1.80. The van der Waals surface area contributed by atoms with Crippen molar-refractivity contribution in [2.24, 2.45) is 4.99 Å². The van der Waals surface area contributed by atoms with Crippen LogP contribution in [0.5, 0.6) is 0 Å². The normalized spacial score (nSPS) is 11.3. The molecular formula is C18H23NOS. The summed E-state index contributed by atoms with van der Waals surface area (Å²) >= 11 is 1.83. The van der Waals surface area contributed by atoms with E-state index in [4.69, 9.17) is 5.11 Å². The highest BCUT2D eigenvalue weighted by atomic mass is 32.1. The summed E-state index contributed by atoms with van der Waals surface area (Å²) in [5, 5.41) is 9.01. The second-order valence-electron chi connectivity index (χ2n) is 5.20. The lowest BCUT2D eigenvalue weighted by atomic mass is 10.1. The molecule has 2 aromatic rings. The van der Waals surface area contributed by atoms with Crippen LogP contribution in [0.3, 0.4) is 0 Å². The predicted molar refractivity (Wildman–Crippen MR) is 91.8 cm³/mol. The maximum absolute atomic E-state index is 9.01. The lowest BCUT2D eigenvalue weighted by Gasteiger charge is -1.97. The Morgan fingerprint density at radius 3 is 2.57 bits per heavy atom. The summed E-state index contributed by atoms with van der Waals surface area (Å²) in [5.41, 5.74) is 1.84. The number of aryl methyl sites for hydroxylation is 1. The van der Waals surface area contributed by atoms with Gasteiger partial charge in [-0.15, -0.1) is 11.3 Å². The number of aliphatic hydroxyl groups is 1. The van der Waals surface area contributed by atoms with Gasteiger partial charge in [-0.25, -0.2) is 0 Å². The van der Waals surface area contributed by atoms with E-state index in [1.54, 1.807) is 0 Å². The van der Waals surface area contributed by atoms with Crippen molar-refractivity contribution in [3.8, 4) is 0 Å². The standard InChI is InChI=1S/C18H23NOS/c1-2-3-4-5-6-17-11-12-18(21-17)13-19-16-9-7-15(14-20)8-10-16/h7-13,20H,2-6,14H2,1H3/b19-13+. The molecular weight excluding hydrogens is 278 g/mol. The Morgan fingerprint density at radius 1 is 1.05 bits per heavy atom. The van der Waals surface area contributed by atoms with E-state index in [1.165, 1.54) is 41.9 Å². The molecule has 1 aromatic heterocycles. The molecule has 0 aliphatic carbocycles. The molecule has 1 N–H and O–H groups in total. The molecule has 0 aliphatic heterocycles. The van der Waals surface area contributed by atoms with E-state index in [-0.39, 0.29) is 6.61 Å². The zero-order chi connectivity index (χ0) is 14.9. The van der Waals surface area contributed by atoms with Gasteiger partial charge in [-0.05, 0) is 42.7 Å². The Hall–Kier alpha value is -1.45. The molecule has 1 aromatic carbocycles. The van der Waals surface area contributed by atoms with Crippen LogP contribution in [0, 0.1) is 0 Å². The minimum atomic E-state index is 0.0797. The van der Waals surface area contributed by atoms with Crippen LogP contribution in [0.2, 0.25) is 0 Å². The molecule has 0 fully saturated rings. The molecule has 112 valence electrons. The molecule has 0 saturated carbocycles. The Kier molecular flexibility index (Phi) is 6.64. The average Bonchev–Trinajstić information content (AvgIpc) is 2.98. The SMILES string of the molecule is CCCCCCc1ccc(/C=N/c2ccc(CO)cc2)s1. The third-order valence-electron chi connectivity index (χ3n) is 3.42. The predicted octanol–water partition coefficient (Wildman–Crippen LogP) is 5.11. The Bertz CT molecular complexity index is 557. The number of aliphatic hydroxyl groups excluding tert-OH is 1. The van der Waals surface area contributed by atoms with Gasteiger partial charge in [0.1, 0.15) is 0 Å². The highest BCUT2D eigenvalue weighted by Gasteiger charge is 1.98.